The van der Waals surface area contributed by atoms with Crippen molar-refractivity contribution in [2.75, 3.05) is 6.61 Å². The number of rotatable bonds is 6. The molecule has 1 heterocycles. The molecule has 0 amide bonds. The van der Waals surface area contributed by atoms with Gasteiger partial charge in [0.1, 0.15) is 29.1 Å². The fourth-order valence-corrected chi connectivity index (χ4v) is 3.34. The molecule has 0 unspecified atom stereocenters. The van der Waals surface area contributed by atoms with Gasteiger partial charge in [-0.1, -0.05) is 18.2 Å². The van der Waals surface area contributed by atoms with Gasteiger partial charge >= 0.3 is 5.97 Å². The van der Waals surface area contributed by atoms with Crippen molar-refractivity contribution in [2.24, 2.45) is 0 Å². The molecule has 0 saturated heterocycles. The van der Waals surface area contributed by atoms with Gasteiger partial charge in [0.05, 0.1) is 9.86 Å². The van der Waals surface area contributed by atoms with Crippen molar-refractivity contribution in [1.29, 1.82) is 0 Å². The maximum atomic E-state index is 12.8. The predicted octanol–water partition coefficient (Wildman–Crippen LogP) is 5.95. The Bertz CT molecular complexity index is 1360. The van der Waals surface area contributed by atoms with E-state index in [1.807, 2.05) is 38.1 Å². The standard InChI is InChI=1S/C25H19BrO6/c1-15-7-8-17(11-16(15)2)29-14-24(27)31-18-9-10-19-22(12-18)30-13-23(25(19)28)32-21-6-4-3-5-20(21)26/h3-13H,14H2,1-2H3. The topological polar surface area (TPSA) is 75.0 Å². The number of halogens is 1. The van der Waals surface area contributed by atoms with Gasteiger partial charge in [0, 0.05) is 6.07 Å². The highest BCUT2D eigenvalue weighted by Gasteiger charge is 2.13. The molecule has 0 aliphatic carbocycles. The number of fused-ring (bicyclic) bond motifs is 1. The number of carbonyl (C=O) groups is 1. The van der Waals surface area contributed by atoms with E-state index in [-0.39, 0.29) is 29.1 Å². The van der Waals surface area contributed by atoms with Crippen molar-refractivity contribution in [2.45, 2.75) is 13.8 Å². The summed E-state index contributed by atoms with van der Waals surface area (Å²) in [6, 6.07) is 17.3. The molecule has 162 valence electrons. The number of aryl methyl sites for hydroxylation is 2. The second-order valence-corrected chi connectivity index (χ2v) is 7.98. The first-order valence-electron chi connectivity index (χ1n) is 9.79. The van der Waals surface area contributed by atoms with Crippen LogP contribution in [-0.2, 0) is 4.79 Å². The third kappa shape index (κ3) is 4.84. The Kier molecular flexibility index (Phi) is 6.28. The SMILES string of the molecule is Cc1ccc(OCC(=O)Oc2ccc3c(=O)c(Oc4ccccc4Br)coc3c2)cc1C. The quantitative estimate of drug-likeness (QED) is 0.243. The van der Waals surface area contributed by atoms with Gasteiger partial charge < -0.3 is 18.6 Å². The normalized spacial score (nSPS) is 10.7. The lowest BCUT2D eigenvalue weighted by Gasteiger charge is -2.09. The molecule has 6 nitrogen and oxygen atoms in total. The average molecular weight is 495 g/mol. The zero-order chi connectivity index (χ0) is 22.7. The van der Waals surface area contributed by atoms with Gasteiger partial charge in [-0.25, -0.2) is 4.79 Å². The third-order valence-electron chi connectivity index (χ3n) is 4.84. The highest BCUT2D eigenvalue weighted by molar-refractivity contribution is 9.10. The first kappa shape index (κ1) is 21.6. The minimum Gasteiger partial charge on any atom is -0.482 e. The van der Waals surface area contributed by atoms with Crippen LogP contribution in [0.15, 0.2) is 80.6 Å². The van der Waals surface area contributed by atoms with E-state index in [0.717, 1.165) is 11.1 Å². The van der Waals surface area contributed by atoms with E-state index < -0.39 is 5.97 Å². The number of para-hydroxylation sites is 1. The second kappa shape index (κ2) is 9.28. The summed E-state index contributed by atoms with van der Waals surface area (Å²) in [4.78, 5) is 24.9. The fraction of sp³-hybridized carbons (Fsp3) is 0.120. The number of carbonyl (C=O) groups excluding carboxylic acids is 1. The molecular weight excluding hydrogens is 476 g/mol. The van der Waals surface area contributed by atoms with Crippen LogP contribution in [0.4, 0.5) is 0 Å². The molecule has 0 bridgehead atoms. The lowest BCUT2D eigenvalue weighted by Crippen LogP contribution is -2.17. The minimum atomic E-state index is -0.571. The van der Waals surface area contributed by atoms with Crippen molar-refractivity contribution in [3.63, 3.8) is 0 Å². The van der Waals surface area contributed by atoms with E-state index in [4.69, 9.17) is 18.6 Å². The molecule has 0 aliphatic heterocycles. The molecule has 0 N–H and O–H groups in total. The van der Waals surface area contributed by atoms with E-state index >= 15 is 0 Å². The summed E-state index contributed by atoms with van der Waals surface area (Å²) >= 11 is 3.38. The van der Waals surface area contributed by atoms with Crippen LogP contribution in [0, 0.1) is 13.8 Å². The van der Waals surface area contributed by atoms with Gasteiger partial charge in [-0.05, 0) is 77.3 Å². The molecule has 4 rings (SSSR count). The molecule has 0 aliphatic rings. The van der Waals surface area contributed by atoms with Crippen LogP contribution in [0.2, 0.25) is 0 Å². The van der Waals surface area contributed by atoms with Gasteiger partial charge in [0.15, 0.2) is 6.61 Å². The molecule has 3 aromatic carbocycles. The van der Waals surface area contributed by atoms with Gasteiger partial charge in [-0.15, -0.1) is 0 Å². The molecule has 0 saturated carbocycles. The number of esters is 1. The molecule has 7 heteroatoms. The molecule has 0 fully saturated rings. The van der Waals surface area contributed by atoms with Crippen molar-refractivity contribution in [1.82, 2.24) is 0 Å². The highest BCUT2D eigenvalue weighted by Crippen LogP contribution is 2.29. The molecular formula is C25H19BrO6. The van der Waals surface area contributed by atoms with E-state index in [1.54, 1.807) is 18.2 Å². The number of hydrogen-bond donors (Lipinski definition) is 0. The van der Waals surface area contributed by atoms with E-state index in [0.29, 0.717) is 21.4 Å². The van der Waals surface area contributed by atoms with E-state index in [2.05, 4.69) is 15.9 Å². The largest absolute Gasteiger partial charge is 0.482 e. The summed E-state index contributed by atoms with van der Waals surface area (Å²) in [5, 5.41) is 0.306. The van der Waals surface area contributed by atoms with Gasteiger partial charge in [-0.2, -0.15) is 0 Å². The summed E-state index contributed by atoms with van der Waals surface area (Å²) < 4.78 is 22.8. The van der Waals surface area contributed by atoms with E-state index in [1.165, 1.54) is 24.5 Å². The summed E-state index contributed by atoms with van der Waals surface area (Å²) in [5.74, 6) is 0.809. The lowest BCUT2D eigenvalue weighted by atomic mass is 10.1. The summed E-state index contributed by atoms with van der Waals surface area (Å²) in [6.07, 6.45) is 1.23. The van der Waals surface area contributed by atoms with Crippen molar-refractivity contribution in [3.8, 4) is 23.0 Å². The third-order valence-corrected chi connectivity index (χ3v) is 5.49. The molecule has 4 aromatic rings. The average Bonchev–Trinajstić information content (AvgIpc) is 2.78. The highest BCUT2D eigenvalue weighted by atomic mass is 79.9. The smallest absolute Gasteiger partial charge is 0.349 e. The van der Waals surface area contributed by atoms with Crippen LogP contribution >= 0.6 is 15.9 Å². The second-order valence-electron chi connectivity index (χ2n) is 7.13. The van der Waals surface area contributed by atoms with Gasteiger partial charge in [0.25, 0.3) is 0 Å². The Morgan fingerprint density at radius 3 is 2.50 bits per heavy atom. The fourth-order valence-electron chi connectivity index (χ4n) is 2.98. The van der Waals surface area contributed by atoms with Crippen LogP contribution < -0.4 is 19.6 Å². The van der Waals surface area contributed by atoms with Crippen LogP contribution in [0.3, 0.4) is 0 Å². The summed E-state index contributed by atoms with van der Waals surface area (Å²) in [6.45, 7) is 3.73. The molecule has 0 atom stereocenters. The molecule has 1 aromatic heterocycles. The Morgan fingerprint density at radius 1 is 0.938 bits per heavy atom. The van der Waals surface area contributed by atoms with Crippen LogP contribution in [0.5, 0.6) is 23.0 Å². The Hall–Kier alpha value is -3.58. The monoisotopic (exact) mass is 494 g/mol. The Labute approximate surface area is 192 Å². The van der Waals surface area contributed by atoms with Gasteiger partial charge in [0.2, 0.25) is 11.2 Å². The molecule has 0 radical (unpaired) electrons. The van der Waals surface area contributed by atoms with Crippen molar-refractivity contribution < 1.29 is 23.4 Å². The van der Waals surface area contributed by atoms with Crippen LogP contribution in [0.25, 0.3) is 11.0 Å². The van der Waals surface area contributed by atoms with Crippen molar-refractivity contribution >= 4 is 32.9 Å². The van der Waals surface area contributed by atoms with Crippen LogP contribution in [0.1, 0.15) is 11.1 Å². The van der Waals surface area contributed by atoms with Gasteiger partial charge in [-0.3, -0.25) is 4.79 Å². The predicted molar refractivity (Wildman–Crippen MR) is 124 cm³/mol. The zero-order valence-electron chi connectivity index (χ0n) is 17.4. The Balaban J connectivity index is 1.46. The number of benzene rings is 3. The number of ether oxygens (including phenoxy) is 3. The Morgan fingerprint density at radius 2 is 1.72 bits per heavy atom. The maximum Gasteiger partial charge on any atom is 0.349 e. The van der Waals surface area contributed by atoms with Crippen LogP contribution in [-0.4, -0.2) is 12.6 Å². The van der Waals surface area contributed by atoms with Crippen molar-refractivity contribution in [3.05, 3.63) is 92.7 Å². The summed E-state index contributed by atoms with van der Waals surface area (Å²) in [7, 11) is 0. The zero-order valence-corrected chi connectivity index (χ0v) is 19.0. The first-order chi connectivity index (χ1) is 15.4. The maximum absolute atomic E-state index is 12.8. The summed E-state index contributed by atoms with van der Waals surface area (Å²) in [5.41, 5.74) is 2.15. The van der Waals surface area contributed by atoms with E-state index in [9.17, 15) is 9.59 Å². The minimum absolute atomic E-state index is 0.0518. The molecule has 0 spiro atoms. The lowest BCUT2D eigenvalue weighted by molar-refractivity contribution is -0.136. The molecule has 32 heavy (non-hydrogen) atoms. The number of hydrogen-bond acceptors (Lipinski definition) is 6. The first-order valence-corrected chi connectivity index (χ1v) is 10.6.